The van der Waals surface area contributed by atoms with Gasteiger partial charge in [0.25, 0.3) is 6.29 Å². The molecule has 0 aliphatic rings. The van der Waals surface area contributed by atoms with Gasteiger partial charge in [-0.05, 0) is 109 Å². The van der Waals surface area contributed by atoms with Crippen LogP contribution in [0.2, 0.25) is 0 Å². The van der Waals surface area contributed by atoms with Crippen LogP contribution in [-0.2, 0) is 33.3 Å². The number of carbonyl (C=O) groups excluding carboxylic acids is 2. The van der Waals surface area contributed by atoms with Crippen LogP contribution < -0.4 is 0 Å². The van der Waals surface area contributed by atoms with Crippen molar-refractivity contribution >= 4 is 17.9 Å². The number of ether oxygens (including phenoxy) is 4. The van der Waals surface area contributed by atoms with Gasteiger partial charge in [0.1, 0.15) is 13.2 Å². The van der Waals surface area contributed by atoms with Crippen molar-refractivity contribution in [2.24, 2.45) is 0 Å². The highest BCUT2D eigenvalue weighted by atomic mass is 16.7. The van der Waals surface area contributed by atoms with Gasteiger partial charge in [-0.3, -0.25) is 9.59 Å². The van der Waals surface area contributed by atoms with Gasteiger partial charge in [-0.15, -0.1) is 0 Å². The first-order chi connectivity index (χ1) is 50.6. The fourth-order valence-electron chi connectivity index (χ4n) is 12.6. The fraction of sp³-hybridized carbons (Fsp3) is 0.755. The number of carbonyl (C=O) groups is 3. The van der Waals surface area contributed by atoms with E-state index in [1.54, 1.807) is 0 Å². The molecule has 0 radical (unpaired) electrons. The van der Waals surface area contributed by atoms with Crippen LogP contribution in [0.4, 0.5) is 0 Å². The fourth-order valence-corrected chi connectivity index (χ4v) is 12.6. The minimum absolute atomic E-state index is 0.181. The summed E-state index contributed by atoms with van der Waals surface area (Å²) in [6, 6.07) is 0. The van der Waals surface area contributed by atoms with Crippen LogP contribution >= 0.6 is 0 Å². The molecule has 594 valence electrons. The molecule has 0 amide bonds. The van der Waals surface area contributed by atoms with Crippen LogP contribution in [0.15, 0.2) is 122 Å². The van der Waals surface area contributed by atoms with Crippen LogP contribution in [0.3, 0.4) is 0 Å². The first-order valence-corrected chi connectivity index (χ1v) is 43.7. The van der Waals surface area contributed by atoms with Crippen molar-refractivity contribution in [3.8, 4) is 0 Å². The second-order valence-electron chi connectivity index (χ2n) is 30.5. The minimum Gasteiger partial charge on any atom is -0.477 e. The summed E-state index contributed by atoms with van der Waals surface area (Å²) in [6.07, 6.45) is 117. The average Bonchev–Trinajstić information content (AvgIpc) is 0.985. The van der Waals surface area contributed by atoms with Gasteiger partial charge in [-0.1, -0.05) is 399 Å². The Kier molecular flexibility index (Phi) is 79.8. The lowest BCUT2D eigenvalue weighted by Crippen LogP contribution is -2.40. The molecule has 0 aliphatic heterocycles. The van der Waals surface area contributed by atoms with Crippen molar-refractivity contribution in [1.82, 2.24) is 0 Å². The Hall–Kier alpha value is -4.31. The molecule has 0 heterocycles. The predicted molar refractivity (Wildman–Crippen MR) is 447 cm³/mol. The van der Waals surface area contributed by atoms with Gasteiger partial charge < -0.3 is 28.5 Å². The van der Waals surface area contributed by atoms with E-state index in [9.17, 15) is 19.5 Å². The third-order valence-corrected chi connectivity index (χ3v) is 19.2. The van der Waals surface area contributed by atoms with Crippen molar-refractivity contribution in [2.45, 2.75) is 411 Å². The molecular formula is C94H166NO8+. The van der Waals surface area contributed by atoms with E-state index >= 15 is 0 Å². The van der Waals surface area contributed by atoms with Crippen LogP contribution in [-0.4, -0.2) is 87.4 Å². The summed E-state index contributed by atoms with van der Waals surface area (Å²) in [5.41, 5.74) is 0. The SMILES string of the molecule is CC/C=C\C/C=C\C/C=C\C/C=C\C/C=C\C/C=C\C/C=C\CCCCCCCCCCCCCCCCCCCC(=O)OC(COC(=O)CCCCCCCCCCCCCCCCCCCCCCCCCC/C=C\C/C=C\C/C=C\CCCCCCC)COC(OCC[N+](C)(C)C)C(=O)O. The second-order valence-corrected chi connectivity index (χ2v) is 30.5. The molecule has 0 saturated carbocycles. The number of allylic oxidation sites excluding steroid dienone is 20. The van der Waals surface area contributed by atoms with E-state index in [0.717, 1.165) is 96.3 Å². The maximum absolute atomic E-state index is 13.0. The number of esters is 2. The van der Waals surface area contributed by atoms with E-state index in [1.165, 1.54) is 276 Å². The molecule has 0 fully saturated rings. The van der Waals surface area contributed by atoms with Gasteiger partial charge >= 0.3 is 17.9 Å². The number of hydrogen-bond donors (Lipinski definition) is 1. The molecule has 0 bridgehead atoms. The number of nitrogens with zero attached hydrogens (tertiary/aromatic N) is 1. The molecular weight excluding hydrogens is 1270 g/mol. The number of quaternary nitrogens is 1. The number of unbranched alkanes of at least 4 members (excludes halogenated alkanes) is 46. The normalized spacial score (nSPS) is 13.2. The number of likely N-dealkylation sites (N-methyl/N-ethyl adjacent to an activating group) is 1. The highest BCUT2D eigenvalue weighted by Crippen LogP contribution is 2.20. The highest BCUT2D eigenvalue weighted by Gasteiger charge is 2.25. The van der Waals surface area contributed by atoms with Crippen LogP contribution in [0.5, 0.6) is 0 Å². The number of carboxylic acids is 1. The molecule has 9 nitrogen and oxygen atoms in total. The molecule has 0 saturated heterocycles. The Labute approximate surface area is 637 Å². The average molecular weight is 1440 g/mol. The summed E-state index contributed by atoms with van der Waals surface area (Å²) in [4.78, 5) is 37.8. The molecule has 0 aromatic carbocycles. The van der Waals surface area contributed by atoms with Gasteiger partial charge in [0.2, 0.25) is 0 Å². The van der Waals surface area contributed by atoms with E-state index in [-0.39, 0.29) is 38.2 Å². The molecule has 103 heavy (non-hydrogen) atoms. The minimum atomic E-state index is -1.51. The number of aliphatic carboxylic acids is 1. The van der Waals surface area contributed by atoms with Gasteiger partial charge in [0.15, 0.2) is 6.10 Å². The second kappa shape index (κ2) is 83.3. The third kappa shape index (κ3) is 84.8. The standard InChI is InChI=1S/C94H165NO8/c1-6-8-10-12-14-16-18-20-22-24-26-28-30-32-34-36-38-40-42-44-46-48-50-52-54-56-58-60-62-64-66-68-70-72-74-76-78-80-82-84-91(96)101-88-90(89-102-94(93(98)99)100-87-86-95(3,4)5)103-92(97)85-83-81-79-77-75-73-71-69-67-65-63-61-59-57-55-53-51-49-47-45-43-41-39-37-35-33-31-29-27-25-23-21-19-17-15-13-11-9-7-2/h9,11,15,17-18,20-21,23-24,26-27,29-30,32-33,35,39,41,45,47,90,94H,6-8,10,12-14,16,19,22,25,28,31,34,36-38,40,42-44,46,48-89H2,1-5H3/p+1/b11-9-,17-15-,20-18-,23-21-,26-24-,29-27-,32-30-,35-33-,41-39-,47-45-. The molecule has 1 N–H and O–H groups in total. The van der Waals surface area contributed by atoms with Crippen molar-refractivity contribution < 1.29 is 42.9 Å². The summed E-state index contributed by atoms with van der Waals surface area (Å²) >= 11 is 0. The summed E-state index contributed by atoms with van der Waals surface area (Å²) in [6.45, 7) is 4.80. The predicted octanol–water partition coefficient (Wildman–Crippen LogP) is 28.6. The molecule has 2 atom stereocenters. The largest absolute Gasteiger partial charge is 0.477 e. The lowest BCUT2D eigenvalue weighted by atomic mass is 10.0. The first-order valence-electron chi connectivity index (χ1n) is 43.7. The molecule has 0 aromatic heterocycles. The maximum atomic E-state index is 13.0. The van der Waals surface area contributed by atoms with E-state index in [4.69, 9.17) is 18.9 Å². The highest BCUT2D eigenvalue weighted by molar-refractivity contribution is 5.71. The summed E-state index contributed by atoms with van der Waals surface area (Å²) in [5, 5.41) is 9.79. The molecule has 0 rings (SSSR count). The molecule has 0 spiro atoms. The van der Waals surface area contributed by atoms with E-state index in [0.29, 0.717) is 17.4 Å². The number of carboxylic acid groups (broad SMARTS) is 1. The van der Waals surface area contributed by atoms with Crippen LogP contribution in [0.1, 0.15) is 399 Å². The number of hydrogen-bond acceptors (Lipinski definition) is 7. The monoisotopic (exact) mass is 1440 g/mol. The zero-order valence-corrected chi connectivity index (χ0v) is 68.2. The molecule has 2 unspecified atom stereocenters. The summed E-state index contributed by atoms with van der Waals surface area (Å²) < 4.78 is 23.1. The summed E-state index contributed by atoms with van der Waals surface area (Å²) in [5.74, 6) is -1.98. The molecule has 0 aliphatic carbocycles. The Morgan fingerprint density at radius 2 is 0.553 bits per heavy atom. The third-order valence-electron chi connectivity index (χ3n) is 19.2. The lowest BCUT2D eigenvalue weighted by molar-refractivity contribution is -0.870. The Morgan fingerprint density at radius 1 is 0.301 bits per heavy atom. The maximum Gasteiger partial charge on any atom is 0.361 e. The van der Waals surface area contributed by atoms with E-state index in [2.05, 4.69) is 135 Å². The van der Waals surface area contributed by atoms with Crippen LogP contribution in [0, 0.1) is 0 Å². The summed E-state index contributed by atoms with van der Waals surface area (Å²) in [7, 11) is 5.99. The molecule has 0 aromatic rings. The van der Waals surface area contributed by atoms with Crippen molar-refractivity contribution in [3.63, 3.8) is 0 Å². The Bertz CT molecular complexity index is 2120. The van der Waals surface area contributed by atoms with Crippen LogP contribution in [0.25, 0.3) is 0 Å². The van der Waals surface area contributed by atoms with Gasteiger partial charge in [-0.2, -0.15) is 0 Å². The quantitative estimate of drug-likeness (QED) is 0.0211. The smallest absolute Gasteiger partial charge is 0.361 e. The topological polar surface area (TPSA) is 108 Å². The zero-order chi connectivity index (χ0) is 74.6. The lowest BCUT2D eigenvalue weighted by Gasteiger charge is -2.25. The van der Waals surface area contributed by atoms with Gasteiger partial charge in [0.05, 0.1) is 34.4 Å². The zero-order valence-electron chi connectivity index (χ0n) is 68.2. The van der Waals surface area contributed by atoms with E-state index < -0.39 is 18.4 Å². The van der Waals surface area contributed by atoms with Crippen molar-refractivity contribution in [3.05, 3.63) is 122 Å². The van der Waals surface area contributed by atoms with E-state index in [1.807, 2.05) is 21.1 Å². The number of rotatable bonds is 81. The first kappa shape index (κ1) is 98.7. The van der Waals surface area contributed by atoms with Gasteiger partial charge in [-0.25, -0.2) is 4.79 Å². The van der Waals surface area contributed by atoms with Gasteiger partial charge in [0, 0.05) is 12.8 Å². The Balaban J connectivity index is 3.96. The molecule has 9 heteroatoms. The van der Waals surface area contributed by atoms with Crippen molar-refractivity contribution in [1.29, 1.82) is 0 Å². The van der Waals surface area contributed by atoms with Crippen molar-refractivity contribution in [2.75, 3.05) is 47.5 Å². The Morgan fingerprint density at radius 3 is 0.825 bits per heavy atom.